The lowest BCUT2D eigenvalue weighted by molar-refractivity contribution is 0.102. The smallest absolute Gasteiger partial charge is 0.257 e. The Kier molecular flexibility index (Phi) is 3.82. The number of rotatable bonds is 2. The van der Waals surface area contributed by atoms with Crippen LogP contribution in [-0.4, -0.2) is 10.9 Å². The molecule has 0 fully saturated rings. The summed E-state index contributed by atoms with van der Waals surface area (Å²) in [6.45, 7) is 5.61. The van der Waals surface area contributed by atoms with Crippen molar-refractivity contribution in [1.82, 2.24) is 4.98 Å². The third-order valence-electron chi connectivity index (χ3n) is 3.78. The van der Waals surface area contributed by atoms with Crippen molar-refractivity contribution in [3.8, 4) is 0 Å². The van der Waals surface area contributed by atoms with E-state index >= 15 is 0 Å². The van der Waals surface area contributed by atoms with Crippen molar-refractivity contribution in [3.05, 3.63) is 70.7 Å². The largest absolute Gasteiger partial charge is 0.319 e. The molecule has 0 spiro atoms. The van der Waals surface area contributed by atoms with Gasteiger partial charge in [0.05, 0.1) is 22.5 Å². The van der Waals surface area contributed by atoms with Gasteiger partial charge in [-0.25, -0.2) is 4.39 Å². The molecule has 0 saturated carbocycles. The van der Waals surface area contributed by atoms with E-state index in [-0.39, 0.29) is 11.6 Å². The lowest BCUT2D eigenvalue weighted by atomic mass is 10.1. The molecular formula is C19H17FN2O. The predicted octanol–water partition coefficient (Wildman–Crippen LogP) is 4.55. The standard InChI is InChI=1S/C19H17FN2O/c1-11-5-7-17-14(8-11)10-15(13(3)21-17)19(23)22-18-9-12(2)4-6-16(18)20/h4-10H,1-3H3,(H,22,23). The average molecular weight is 308 g/mol. The molecule has 1 N–H and O–H groups in total. The first kappa shape index (κ1) is 15.2. The Labute approximate surface area is 134 Å². The Balaban J connectivity index is 2.00. The maximum atomic E-state index is 13.8. The van der Waals surface area contributed by atoms with Crippen LogP contribution in [0.2, 0.25) is 0 Å². The van der Waals surface area contributed by atoms with Gasteiger partial charge < -0.3 is 5.32 Å². The number of aromatic nitrogens is 1. The number of nitrogens with one attached hydrogen (secondary N) is 1. The molecule has 0 aliphatic heterocycles. The van der Waals surface area contributed by atoms with Crippen LogP contribution < -0.4 is 5.32 Å². The summed E-state index contributed by atoms with van der Waals surface area (Å²) in [4.78, 5) is 17.0. The van der Waals surface area contributed by atoms with Crippen LogP contribution in [0.25, 0.3) is 10.9 Å². The molecule has 0 aliphatic rings. The summed E-state index contributed by atoms with van der Waals surface area (Å²) in [5.41, 5.74) is 4.06. The topological polar surface area (TPSA) is 42.0 Å². The quantitative estimate of drug-likeness (QED) is 0.754. The molecule has 0 atom stereocenters. The van der Waals surface area contributed by atoms with Gasteiger partial charge in [-0.1, -0.05) is 17.7 Å². The minimum atomic E-state index is -0.453. The maximum Gasteiger partial charge on any atom is 0.257 e. The van der Waals surface area contributed by atoms with E-state index in [1.807, 2.05) is 32.0 Å². The van der Waals surface area contributed by atoms with Crippen LogP contribution in [0.3, 0.4) is 0 Å². The molecule has 3 nitrogen and oxygen atoms in total. The average Bonchev–Trinajstić information content (AvgIpc) is 2.50. The zero-order valence-electron chi connectivity index (χ0n) is 13.3. The minimum Gasteiger partial charge on any atom is -0.319 e. The summed E-state index contributed by atoms with van der Waals surface area (Å²) in [5.74, 6) is -0.811. The third-order valence-corrected chi connectivity index (χ3v) is 3.78. The van der Waals surface area contributed by atoms with Crippen LogP contribution in [0.15, 0.2) is 42.5 Å². The lowest BCUT2D eigenvalue weighted by Crippen LogP contribution is -2.15. The molecular weight excluding hydrogens is 291 g/mol. The fourth-order valence-corrected chi connectivity index (χ4v) is 2.55. The zero-order valence-corrected chi connectivity index (χ0v) is 13.3. The summed E-state index contributed by atoms with van der Waals surface area (Å²) >= 11 is 0. The van der Waals surface area contributed by atoms with Gasteiger partial charge in [0.25, 0.3) is 5.91 Å². The maximum absolute atomic E-state index is 13.8. The van der Waals surface area contributed by atoms with Gasteiger partial charge in [-0.3, -0.25) is 9.78 Å². The highest BCUT2D eigenvalue weighted by atomic mass is 19.1. The number of amides is 1. The summed E-state index contributed by atoms with van der Waals surface area (Å²) < 4.78 is 13.8. The van der Waals surface area contributed by atoms with Crippen LogP contribution >= 0.6 is 0 Å². The molecule has 1 heterocycles. The molecule has 23 heavy (non-hydrogen) atoms. The van der Waals surface area contributed by atoms with Crippen LogP contribution in [0.4, 0.5) is 10.1 Å². The van der Waals surface area contributed by atoms with Crippen molar-refractivity contribution < 1.29 is 9.18 Å². The lowest BCUT2D eigenvalue weighted by Gasteiger charge is -2.10. The molecule has 116 valence electrons. The van der Waals surface area contributed by atoms with E-state index in [0.717, 1.165) is 22.0 Å². The monoisotopic (exact) mass is 308 g/mol. The van der Waals surface area contributed by atoms with Crippen LogP contribution in [0, 0.1) is 26.6 Å². The molecule has 1 aromatic heterocycles. The van der Waals surface area contributed by atoms with Crippen molar-refractivity contribution >= 4 is 22.5 Å². The number of benzene rings is 2. The van der Waals surface area contributed by atoms with E-state index in [9.17, 15) is 9.18 Å². The minimum absolute atomic E-state index is 0.179. The molecule has 0 unspecified atom stereocenters. The second-order valence-electron chi connectivity index (χ2n) is 5.75. The Morgan fingerprint density at radius 1 is 1.00 bits per heavy atom. The molecule has 4 heteroatoms. The second-order valence-corrected chi connectivity index (χ2v) is 5.75. The molecule has 0 bridgehead atoms. The first-order valence-electron chi connectivity index (χ1n) is 7.39. The van der Waals surface area contributed by atoms with Crippen molar-refractivity contribution in [2.45, 2.75) is 20.8 Å². The van der Waals surface area contributed by atoms with Crippen LogP contribution in [0.1, 0.15) is 27.2 Å². The summed E-state index contributed by atoms with van der Waals surface area (Å²) in [6.07, 6.45) is 0. The van der Waals surface area contributed by atoms with E-state index in [2.05, 4.69) is 10.3 Å². The Bertz CT molecular complexity index is 919. The number of pyridine rings is 1. The molecule has 2 aromatic carbocycles. The molecule has 0 radical (unpaired) electrons. The first-order chi connectivity index (χ1) is 10.9. The number of aryl methyl sites for hydroxylation is 3. The Morgan fingerprint density at radius 3 is 2.48 bits per heavy atom. The predicted molar refractivity (Wildman–Crippen MR) is 90.3 cm³/mol. The Morgan fingerprint density at radius 2 is 1.70 bits per heavy atom. The fraction of sp³-hybridized carbons (Fsp3) is 0.158. The second kappa shape index (κ2) is 5.80. The molecule has 3 aromatic rings. The SMILES string of the molecule is Cc1ccc(F)c(NC(=O)c2cc3cc(C)ccc3nc2C)c1. The van der Waals surface area contributed by atoms with Gasteiger partial charge in [-0.2, -0.15) is 0 Å². The van der Waals surface area contributed by atoms with Gasteiger partial charge in [0.15, 0.2) is 0 Å². The number of nitrogens with zero attached hydrogens (tertiary/aromatic N) is 1. The van der Waals surface area contributed by atoms with Crippen LogP contribution in [0.5, 0.6) is 0 Å². The van der Waals surface area contributed by atoms with Crippen LogP contribution in [-0.2, 0) is 0 Å². The highest BCUT2D eigenvalue weighted by Crippen LogP contribution is 2.21. The highest BCUT2D eigenvalue weighted by molar-refractivity contribution is 6.06. The van der Waals surface area contributed by atoms with Crippen molar-refractivity contribution in [3.63, 3.8) is 0 Å². The summed E-state index contributed by atoms with van der Waals surface area (Å²) in [7, 11) is 0. The molecule has 0 aliphatic carbocycles. The Hall–Kier alpha value is -2.75. The van der Waals surface area contributed by atoms with E-state index in [1.54, 1.807) is 25.1 Å². The number of carbonyl (C=O) groups excluding carboxylic acids is 1. The van der Waals surface area contributed by atoms with E-state index in [1.165, 1.54) is 6.07 Å². The van der Waals surface area contributed by atoms with E-state index in [4.69, 9.17) is 0 Å². The van der Waals surface area contributed by atoms with Gasteiger partial charge in [-0.15, -0.1) is 0 Å². The first-order valence-corrected chi connectivity index (χ1v) is 7.39. The van der Waals surface area contributed by atoms with E-state index in [0.29, 0.717) is 11.3 Å². The number of hydrogen-bond donors (Lipinski definition) is 1. The number of halogens is 1. The summed E-state index contributed by atoms with van der Waals surface area (Å²) in [6, 6.07) is 12.3. The van der Waals surface area contributed by atoms with E-state index < -0.39 is 5.82 Å². The number of carbonyl (C=O) groups is 1. The molecule has 0 saturated heterocycles. The number of anilines is 1. The summed E-state index contributed by atoms with van der Waals surface area (Å²) in [5, 5.41) is 3.53. The van der Waals surface area contributed by atoms with Gasteiger partial charge in [0, 0.05) is 5.39 Å². The fourth-order valence-electron chi connectivity index (χ4n) is 2.55. The molecule has 3 rings (SSSR count). The highest BCUT2D eigenvalue weighted by Gasteiger charge is 2.14. The van der Waals surface area contributed by atoms with Crippen molar-refractivity contribution in [1.29, 1.82) is 0 Å². The zero-order chi connectivity index (χ0) is 16.6. The molecule has 1 amide bonds. The van der Waals surface area contributed by atoms with Gasteiger partial charge in [0.2, 0.25) is 0 Å². The normalized spacial score (nSPS) is 10.8. The third kappa shape index (κ3) is 3.06. The van der Waals surface area contributed by atoms with Gasteiger partial charge >= 0.3 is 0 Å². The van der Waals surface area contributed by atoms with Crippen molar-refractivity contribution in [2.24, 2.45) is 0 Å². The number of hydrogen-bond acceptors (Lipinski definition) is 2. The number of fused-ring (bicyclic) bond motifs is 1. The van der Waals surface area contributed by atoms with Crippen molar-refractivity contribution in [2.75, 3.05) is 5.32 Å². The van der Waals surface area contributed by atoms with Gasteiger partial charge in [0.1, 0.15) is 5.82 Å². The van der Waals surface area contributed by atoms with Gasteiger partial charge in [-0.05, 0) is 56.7 Å².